The summed E-state index contributed by atoms with van der Waals surface area (Å²) in [7, 11) is 1.69. The average Bonchev–Trinajstić information content (AvgIpc) is 2.87. The maximum absolute atomic E-state index is 12.3. The van der Waals surface area contributed by atoms with Gasteiger partial charge in [-0.2, -0.15) is 0 Å². The van der Waals surface area contributed by atoms with Gasteiger partial charge in [0.2, 0.25) is 0 Å². The highest BCUT2D eigenvalue weighted by Crippen LogP contribution is 2.26. The van der Waals surface area contributed by atoms with E-state index in [0.29, 0.717) is 21.9 Å². The van der Waals surface area contributed by atoms with E-state index in [1.165, 1.54) is 27.7 Å². The van der Waals surface area contributed by atoms with Crippen LogP contribution in [0.1, 0.15) is 0 Å². The number of nitrogens with zero attached hydrogens (tertiary/aromatic N) is 4. The van der Waals surface area contributed by atoms with Gasteiger partial charge in [-0.05, 0) is 18.4 Å². The van der Waals surface area contributed by atoms with Gasteiger partial charge in [-0.25, -0.2) is 9.97 Å². The van der Waals surface area contributed by atoms with Gasteiger partial charge in [0.15, 0.2) is 20.5 Å². The summed E-state index contributed by atoms with van der Waals surface area (Å²) in [6.45, 7) is 0. The van der Waals surface area contributed by atoms with E-state index < -0.39 is 0 Å². The summed E-state index contributed by atoms with van der Waals surface area (Å²) in [6, 6.07) is 5.54. The van der Waals surface area contributed by atoms with Gasteiger partial charge in [-0.15, -0.1) is 0 Å². The Morgan fingerprint density at radius 1 is 1.32 bits per heavy atom. The molecule has 0 saturated carbocycles. The van der Waals surface area contributed by atoms with Crippen LogP contribution in [0, 0.1) is 0 Å². The molecule has 0 amide bonds. The second kappa shape index (κ2) is 4.75. The van der Waals surface area contributed by atoms with Crippen molar-refractivity contribution in [2.45, 2.75) is 4.34 Å². The van der Waals surface area contributed by atoms with Crippen LogP contribution in [0.2, 0.25) is 0 Å². The SMILES string of the molecule is CSc1nc2c(=O)n(C)c(-c3ccccn3)nc2s1. The Morgan fingerprint density at radius 3 is 2.84 bits per heavy atom. The molecule has 3 aromatic rings. The molecule has 0 spiro atoms. The van der Waals surface area contributed by atoms with E-state index in [9.17, 15) is 4.79 Å². The number of aromatic nitrogens is 4. The van der Waals surface area contributed by atoms with Crippen LogP contribution >= 0.6 is 23.1 Å². The Morgan fingerprint density at radius 2 is 2.16 bits per heavy atom. The number of fused-ring (bicyclic) bond motifs is 1. The Bertz CT molecular complexity index is 795. The molecule has 5 nitrogen and oxygen atoms in total. The summed E-state index contributed by atoms with van der Waals surface area (Å²) in [5.74, 6) is 0.564. The summed E-state index contributed by atoms with van der Waals surface area (Å²) in [5.41, 5.74) is 0.974. The van der Waals surface area contributed by atoms with E-state index >= 15 is 0 Å². The van der Waals surface area contributed by atoms with Crippen LogP contribution in [0.25, 0.3) is 21.9 Å². The predicted molar refractivity (Wildman–Crippen MR) is 77.7 cm³/mol. The minimum Gasteiger partial charge on any atom is -0.293 e. The van der Waals surface area contributed by atoms with Crippen molar-refractivity contribution in [3.8, 4) is 11.5 Å². The molecular weight excluding hydrogens is 280 g/mol. The standard InChI is InChI=1S/C12H10N4OS2/c1-16-9(7-5-3-4-6-13-7)15-10-8(11(16)17)14-12(18-2)19-10/h3-6H,1-2H3. The van der Waals surface area contributed by atoms with Gasteiger partial charge >= 0.3 is 0 Å². The fourth-order valence-corrected chi connectivity index (χ4v) is 3.16. The lowest BCUT2D eigenvalue weighted by Crippen LogP contribution is -2.20. The fourth-order valence-electron chi connectivity index (χ4n) is 1.75. The molecule has 96 valence electrons. The van der Waals surface area contributed by atoms with Crippen molar-refractivity contribution in [3.05, 3.63) is 34.7 Å². The first-order chi connectivity index (χ1) is 9.20. The van der Waals surface area contributed by atoms with Crippen LogP contribution < -0.4 is 5.56 Å². The first kappa shape index (κ1) is 12.3. The lowest BCUT2D eigenvalue weighted by molar-refractivity contribution is 0.847. The molecule has 19 heavy (non-hydrogen) atoms. The molecule has 0 aliphatic rings. The highest BCUT2D eigenvalue weighted by atomic mass is 32.2. The Hall–Kier alpha value is -1.73. The molecule has 0 atom stereocenters. The first-order valence-electron chi connectivity index (χ1n) is 5.53. The van der Waals surface area contributed by atoms with Crippen molar-refractivity contribution in [2.75, 3.05) is 6.26 Å². The number of thiazole rings is 1. The maximum atomic E-state index is 12.3. The van der Waals surface area contributed by atoms with Gasteiger partial charge in [0.1, 0.15) is 5.69 Å². The molecule has 0 bridgehead atoms. The van der Waals surface area contributed by atoms with E-state index in [1.807, 2.05) is 24.5 Å². The third-order valence-electron chi connectivity index (χ3n) is 2.69. The van der Waals surface area contributed by atoms with Crippen molar-refractivity contribution in [1.82, 2.24) is 19.5 Å². The Labute approximate surface area is 117 Å². The molecule has 3 rings (SSSR count). The smallest absolute Gasteiger partial charge is 0.281 e. The van der Waals surface area contributed by atoms with Crippen molar-refractivity contribution >= 4 is 33.4 Å². The molecule has 7 heteroatoms. The molecule has 3 aromatic heterocycles. The van der Waals surface area contributed by atoms with Crippen LogP contribution in [-0.4, -0.2) is 25.8 Å². The Balaban J connectivity index is 2.32. The number of pyridine rings is 1. The number of hydrogen-bond donors (Lipinski definition) is 0. The normalized spacial score (nSPS) is 11.1. The van der Waals surface area contributed by atoms with Gasteiger partial charge in [0.05, 0.1) is 0 Å². The van der Waals surface area contributed by atoms with Gasteiger partial charge < -0.3 is 0 Å². The first-order valence-corrected chi connectivity index (χ1v) is 7.58. The second-order valence-electron chi connectivity index (χ2n) is 3.85. The van der Waals surface area contributed by atoms with Crippen LogP contribution in [-0.2, 0) is 7.05 Å². The Kier molecular flexibility index (Phi) is 3.08. The van der Waals surface area contributed by atoms with E-state index in [1.54, 1.807) is 13.2 Å². The summed E-state index contributed by atoms with van der Waals surface area (Å²) in [5, 5.41) is 0. The zero-order valence-corrected chi connectivity index (χ0v) is 12.0. The van der Waals surface area contributed by atoms with Gasteiger partial charge in [-0.3, -0.25) is 14.3 Å². The molecule has 0 N–H and O–H groups in total. The number of rotatable bonds is 2. The van der Waals surface area contributed by atoms with Crippen LogP contribution in [0.3, 0.4) is 0 Å². The third kappa shape index (κ3) is 2.04. The zero-order valence-electron chi connectivity index (χ0n) is 10.3. The summed E-state index contributed by atoms with van der Waals surface area (Å²) >= 11 is 2.94. The van der Waals surface area contributed by atoms with Crippen molar-refractivity contribution in [2.24, 2.45) is 7.05 Å². The molecule has 0 saturated heterocycles. The predicted octanol–water partition coefficient (Wildman–Crippen LogP) is 2.17. The quantitative estimate of drug-likeness (QED) is 0.677. The monoisotopic (exact) mass is 290 g/mol. The van der Waals surface area contributed by atoms with Crippen molar-refractivity contribution < 1.29 is 0 Å². The lowest BCUT2D eigenvalue weighted by Gasteiger charge is -2.05. The molecule has 0 aliphatic heterocycles. The van der Waals surface area contributed by atoms with Crippen LogP contribution in [0.15, 0.2) is 33.5 Å². The summed E-state index contributed by atoms with van der Waals surface area (Å²) in [4.78, 5) is 26.0. The summed E-state index contributed by atoms with van der Waals surface area (Å²) in [6.07, 6.45) is 3.62. The van der Waals surface area contributed by atoms with E-state index in [-0.39, 0.29) is 5.56 Å². The molecular formula is C12H10N4OS2. The van der Waals surface area contributed by atoms with Crippen LogP contribution in [0.4, 0.5) is 0 Å². The number of hydrogen-bond acceptors (Lipinski definition) is 6. The molecule has 0 fully saturated rings. The highest BCUT2D eigenvalue weighted by molar-refractivity contribution is 8.00. The van der Waals surface area contributed by atoms with Gasteiger partial charge in [0.25, 0.3) is 5.56 Å². The van der Waals surface area contributed by atoms with Crippen molar-refractivity contribution in [3.63, 3.8) is 0 Å². The van der Waals surface area contributed by atoms with Gasteiger partial charge in [0, 0.05) is 13.2 Å². The summed E-state index contributed by atoms with van der Waals surface area (Å²) < 4.78 is 2.34. The van der Waals surface area contributed by atoms with E-state index in [0.717, 1.165) is 4.34 Å². The minimum absolute atomic E-state index is 0.137. The lowest BCUT2D eigenvalue weighted by atomic mass is 10.3. The van der Waals surface area contributed by atoms with Crippen LogP contribution in [0.5, 0.6) is 0 Å². The second-order valence-corrected chi connectivity index (χ2v) is 5.88. The topological polar surface area (TPSA) is 60.7 Å². The van der Waals surface area contributed by atoms with E-state index in [2.05, 4.69) is 15.0 Å². The largest absolute Gasteiger partial charge is 0.293 e. The molecule has 0 aliphatic carbocycles. The van der Waals surface area contributed by atoms with E-state index in [4.69, 9.17) is 0 Å². The molecule has 0 unspecified atom stereocenters. The number of thioether (sulfide) groups is 1. The van der Waals surface area contributed by atoms with Crippen molar-refractivity contribution in [1.29, 1.82) is 0 Å². The highest BCUT2D eigenvalue weighted by Gasteiger charge is 2.14. The zero-order chi connectivity index (χ0) is 13.4. The molecule has 3 heterocycles. The molecule has 0 aromatic carbocycles. The average molecular weight is 290 g/mol. The fraction of sp³-hybridized carbons (Fsp3) is 0.167. The third-order valence-corrected chi connectivity index (χ3v) is 4.63. The maximum Gasteiger partial charge on any atom is 0.281 e. The van der Waals surface area contributed by atoms with Gasteiger partial charge in [-0.1, -0.05) is 29.2 Å². The molecule has 0 radical (unpaired) electrons. The minimum atomic E-state index is -0.137.